The second-order valence-corrected chi connectivity index (χ2v) is 4.22. The Labute approximate surface area is 110 Å². The first-order valence-electron chi connectivity index (χ1n) is 6.33. The highest BCUT2D eigenvalue weighted by Crippen LogP contribution is 2.28. The van der Waals surface area contributed by atoms with Crippen LogP contribution in [0.2, 0.25) is 0 Å². The monoisotopic (exact) mass is 243 g/mol. The maximum Gasteiger partial charge on any atom is 0.0991 e. The van der Waals surface area contributed by atoms with Crippen molar-refractivity contribution in [2.75, 3.05) is 32.5 Å². The number of hydrogen-bond donors (Lipinski definition) is 1. The van der Waals surface area contributed by atoms with Gasteiger partial charge >= 0.3 is 0 Å². The van der Waals surface area contributed by atoms with E-state index >= 15 is 0 Å². The van der Waals surface area contributed by atoms with Gasteiger partial charge in [-0.1, -0.05) is 19.9 Å². The summed E-state index contributed by atoms with van der Waals surface area (Å²) >= 11 is 0. The summed E-state index contributed by atoms with van der Waals surface area (Å²) in [5.74, 6) is 0. The van der Waals surface area contributed by atoms with Gasteiger partial charge in [0.15, 0.2) is 0 Å². The number of anilines is 1. The second kappa shape index (κ2) is 6.83. The van der Waals surface area contributed by atoms with Gasteiger partial charge in [-0.25, -0.2) is 0 Å². The quantitative estimate of drug-likeness (QED) is 0.868. The summed E-state index contributed by atoms with van der Waals surface area (Å²) in [7, 11) is 4.10. The Morgan fingerprint density at radius 1 is 1.33 bits per heavy atom. The van der Waals surface area contributed by atoms with Crippen LogP contribution in [0.3, 0.4) is 0 Å². The van der Waals surface area contributed by atoms with Crippen molar-refractivity contribution in [2.45, 2.75) is 13.8 Å². The Kier molecular flexibility index (Phi) is 5.41. The molecule has 0 aliphatic carbocycles. The first kappa shape index (κ1) is 14.3. The molecule has 1 aliphatic heterocycles. The van der Waals surface area contributed by atoms with Crippen LogP contribution in [0, 0.1) is 11.3 Å². The van der Waals surface area contributed by atoms with E-state index in [1.54, 1.807) is 0 Å². The Morgan fingerprint density at radius 2 is 2.06 bits per heavy atom. The summed E-state index contributed by atoms with van der Waals surface area (Å²) in [4.78, 5) is 2.14. The van der Waals surface area contributed by atoms with Crippen molar-refractivity contribution < 1.29 is 0 Å². The van der Waals surface area contributed by atoms with Crippen LogP contribution in [0.4, 0.5) is 5.69 Å². The Balaban J connectivity index is 0.000000771. The lowest BCUT2D eigenvalue weighted by molar-refractivity contribution is 0.463. The first-order valence-corrected chi connectivity index (χ1v) is 6.33. The van der Waals surface area contributed by atoms with Crippen LogP contribution < -0.4 is 5.32 Å². The lowest BCUT2D eigenvalue weighted by Gasteiger charge is -2.22. The fourth-order valence-electron chi connectivity index (χ4n) is 1.92. The molecule has 0 spiro atoms. The summed E-state index contributed by atoms with van der Waals surface area (Å²) in [6, 6.07) is 7.97. The average molecular weight is 243 g/mol. The Hall–Kier alpha value is -1.79. The molecule has 0 saturated heterocycles. The molecule has 96 valence electrons. The first-order chi connectivity index (χ1) is 8.70. The lowest BCUT2D eigenvalue weighted by Crippen LogP contribution is -2.18. The smallest absolute Gasteiger partial charge is 0.0991 e. The van der Waals surface area contributed by atoms with Gasteiger partial charge in [-0.05, 0) is 37.9 Å². The van der Waals surface area contributed by atoms with Crippen LogP contribution in [0.15, 0.2) is 24.3 Å². The Bertz CT molecular complexity index is 467. The predicted octanol–water partition coefficient (Wildman–Crippen LogP) is 2.95. The van der Waals surface area contributed by atoms with Crippen molar-refractivity contribution in [3.8, 4) is 6.07 Å². The minimum Gasteiger partial charge on any atom is -0.381 e. The molecule has 0 fully saturated rings. The van der Waals surface area contributed by atoms with E-state index in [0.717, 1.165) is 24.3 Å². The molecule has 0 bridgehead atoms. The van der Waals surface area contributed by atoms with E-state index in [-0.39, 0.29) is 0 Å². The van der Waals surface area contributed by atoms with Gasteiger partial charge in [0.25, 0.3) is 0 Å². The van der Waals surface area contributed by atoms with Crippen molar-refractivity contribution in [1.82, 2.24) is 4.90 Å². The molecule has 1 aliphatic rings. The average Bonchev–Trinajstić information content (AvgIpc) is 2.40. The van der Waals surface area contributed by atoms with Crippen LogP contribution in [0.25, 0.3) is 5.57 Å². The number of rotatable bonds is 2. The predicted molar refractivity (Wildman–Crippen MR) is 77.5 cm³/mol. The van der Waals surface area contributed by atoms with Crippen molar-refractivity contribution in [1.29, 1.82) is 5.26 Å². The zero-order chi connectivity index (χ0) is 13.5. The van der Waals surface area contributed by atoms with Crippen LogP contribution in [0.5, 0.6) is 0 Å². The fraction of sp³-hybridized carbons (Fsp3) is 0.400. The number of likely N-dealkylation sites (N-methyl/N-ethyl adjacent to an activating group) is 1. The molecule has 18 heavy (non-hydrogen) atoms. The minimum absolute atomic E-state index is 0.715. The number of nitrogens with zero attached hydrogens (tertiary/aromatic N) is 2. The van der Waals surface area contributed by atoms with Gasteiger partial charge in [-0.2, -0.15) is 5.26 Å². The van der Waals surface area contributed by atoms with E-state index in [9.17, 15) is 0 Å². The highest BCUT2D eigenvalue weighted by molar-refractivity contribution is 5.81. The number of benzene rings is 1. The number of hydrogen-bond acceptors (Lipinski definition) is 3. The van der Waals surface area contributed by atoms with E-state index in [1.165, 1.54) is 5.57 Å². The summed E-state index contributed by atoms with van der Waals surface area (Å²) in [5, 5.41) is 12.2. The Morgan fingerprint density at radius 3 is 2.67 bits per heavy atom. The van der Waals surface area contributed by atoms with E-state index in [0.29, 0.717) is 5.56 Å². The van der Waals surface area contributed by atoms with Gasteiger partial charge < -0.3 is 10.2 Å². The molecule has 1 N–H and O–H groups in total. The normalized spacial score (nSPS) is 12.6. The van der Waals surface area contributed by atoms with Crippen LogP contribution in [0.1, 0.15) is 25.0 Å². The van der Waals surface area contributed by atoms with Crippen molar-refractivity contribution in [3.63, 3.8) is 0 Å². The maximum atomic E-state index is 8.91. The molecular formula is C15H21N3. The largest absolute Gasteiger partial charge is 0.381 e. The van der Waals surface area contributed by atoms with E-state index < -0.39 is 0 Å². The van der Waals surface area contributed by atoms with Crippen molar-refractivity contribution in [2.24, 2.45) is 0 Å². The summed E-state index contributed by atoms with van der Waals surface area (Å²) in [6.45, 7) is 5.77. The second-order valence-electron chi connectivity index (χ2n) is 4.22. The standard InChI is InChI=1S/C13H15N3.C2H6/c1-16(2)9-11-5-6-15-13-4-3-10(8-14)7-12(11)13;1-2/h3-5,7,15H,6,9H2,1-2H3;1-2H3. The molecule has 0 atom stereocenters. The van der Waals surface area contributed by atoms with Crippen LogP contribution >= 0.6 is 0 Å². The van der Waals surface area contributed by atoms with Gasteiger partial charge in [-0.15, -0.1) is 0 Å². The van der Waals surface area contributed by atoms with Crippen LogP contribution in [-0.2, 0) is 0 Å². The van der Waals surface area contributed by atoms with E-state index in [1.807, 2.05) is 32.0 Å². The third kappa shape index (κ3) is 3.35. The molecular weight excluding hydrogens is 222 g/mol. The van der Waals surface area contributed by atoms with Gasteiger partial charge in [0.1, 0.15) is 0 Å². The van der Waals surface area contributed by atoms with Gasteiger partial charge in [0.05, 0.1) is 11.6 Å². The maximum absolute atomic E-state index is 8.91. The summed E-state index contributed by atoms with van der Waals surface area (Å²) in [5.41, 5.74) is 4.28. The topological polar surface area (TPSA) is 39.1 Å². The molecule has 0 saturated carbocycles. The highest BCUT2D eigenvalue weighted by atomic mass is 15.1. The van der Waals surface area contributed by atoms with E-state index in [2.05, 4.69) is 36.5 Å². The molecule has 3 heteroatoms. The molecule has 0 amide bonds. The molecule has 3 nitrogen and oxygen atoms in total. The highest BCUT2D eigenvalue weighted by Gasteiger charge is 2.13. The fourth-order valence-corrected chi connectivity index (χ4v) is 1.92. The molecule has 1 heterocycles. The molecule has 0 aromatic heterocycles. The molecule has 1 aromatic rings. The zero-order valence-electron chi connectivity index (χ0n) is 11.6. The van der Waals surface area contributed by atoms with Crippen molar-refractivity contribution in [3.05, 3.63) is 35.4 Å². The van der Waals surface area contributed by atoms with Gasteiger partial charge in [0.2, 0.25) is 0 Å². The molecule has 1 aromatic carbocycles. The molecule has 2 rings (SSSR count). The summed E-state index contributed by atoms with van der Waals surface area (Å²) < 4.78 is 0. The minimum atomic E-state index is 0.715. The SMILES string of the molecule is CC.CN(C)CC1=CCNc2ccc(C#N)cc21. The van der Waals surface area contributed by atoms with Crippen molar-refractivity contribution >= 4 is 11.3 Å². The molecule has 0 unspecified atom stereocenters. The van der Waals surface area contributed by atoms with Gasteiger partial charge in [-0.3, -0.25) is 0 Å². The third-order valence-corrected chi connectivity index (χ3v) is 2.62. The lowest BCUT2D eigenvalue weighted by atomic mass is 9.98. The zero-order valence-corrected chi connectivity index (χ0v) is 11.6. The van der Waals surface area contributed by atoms with Crippen LogP contribution in [-0.4, -0.2) is 32.1 Å². The number of nitriles is 1. The third-order valence-electron chi connectivity index (χ3n) is 2.62. The number of nitrogens with one attached hydrogen (secondary N) is 1. The number of fused-ring (bicyclic) bond motifs is 1. The summed E-state index contributed by atoms with van der Waals surface area (Å²) in [6.07, 6.45) is 2.18. The van der Waals surface area contributed by atoms with E-state index in [4.69, 9.17) is 5.26 Å². The molecule has 0 radical (unpaired) electrons. The van der Waals surface area contributed by atoms with Gasteiger partial charge in [0, 0.05) is 24.3 Å².